The van der Waals surface area contributed by atoms with E-state index in [2.05, 4.69) is 29.5 Å². The normalized spacial score (nSPS) is 16.2. The molecular weight excluding hydrogens is 268 g/mol. The van der Waals surface area contributed by atoms with Gasteiger partial charge >= 0.3 is 0 Å². The van der Waals surface area contributed by atoms with E-state index in [1.165, 1.54) is 12.8 Å². The predicted octanol–water partition coefficient (Wildman–Crippen LogP) is 5.17. The van der Waals surface area contributed by atoms with E-state index in [0.717, 1.165) is 35.7 Å². The molecule has 0 amide bonds. The maximum Gasteiger partial charge on any atom is 0.0640 e. The Morgan fingerprint density at radius 1 is 1.35 bits per heavy atom. The quantitative estimate of drug-likeness (QED) is 0.769. The van der Waals surface area contributed by atoms with Crippen LogP contribution in [0.4, 0.5) is 5.69 Å². The fourth-order valence-electron chi connectivity index (χ4n) is 2.46. The lowest BCUT2D eigenvalue weighted by molar-refractivity contribution is 0.359. The molecule has 0 unspecified atom stereocenters. The number of para-hydroxylation sites is 1. The number of nitrogens with zero attached hydrogens (tertiary/aromatic N) is 1. The van der Waals surface area contributed by atoms with E-state index in [-0.39, 0.29) is 0 Å². The maximum absolute atomic E-state index is 6.18. The summed E-state index contributed by atoms with van der Waals surface area (Å²) in [5.74, 6) is 0. The Hall–Kier alpha value is -1.67. The largest absolute Gasteiger partial charge is 0.353 e. The zero-order valence-electron chi connectivity index (χ0n) is 12.0. The number of rotatable bonds is 4. The highest BCUT2D eigenvalue weighted by molar-refractivity contribution is 6.33. The van der Waals surface area contributed by atoms with E-state index in [0.29, 0.717) is 5.02 Å². The van der Waals surface area contributed by atoms with Crippen LogP contribution in [-0.2, 0) is 0 Å². The third-order valence-electron chi connectivity index (χ3n) is 3.51. The highest BCUT2D eigenvalue weighted by atomic mass is 35.5. The zero-order valence-corrected chi connectivity index (χ0v) is 12.7. The molecule has 1 N–H and O–H groups in total. The molecule has 20 heavy (non-hydrogen) atoms. The van der Waals surface area contributed by atoms with Crippen LogP contribution in [0.25, 0.3) is 0 Å². The van der Waals surface area contributed by atoms with Crippen molar-refractivity contribution in [3.8, 4) is 0 Å². The Morgan fingerprint density at radius 2 is 2.10 bits per heavy atom. The van der Waals surface area contributed by atoms with E-state index in [4.69, 9.17) is 11.6 Å². The van der Waals surface area contributed by atoms with Gasteiger partial charge in [-0.25, -0.2) is 0 Å². The molecule has 3 heteroatoms. The Labute approximate surface area is 126 Å². The Kier molecular flexibility index (Phi) is 4.91. The van der Waals surface area contributed by atoms with Crippen LogP contribution in [0.15, 0.2) is 60.6 Å². The summed E-state index contributed by atoms with van der Waals surface area (Å²) in [4.78, 5) is 2.25. The van der Waals surface area contributed by atoms with Gasteiger partial charge in [-0.1, -0.05) is 43.0 Å². The molecule has 1 heterocycles. The predicted molar refractivity (Wildman–Crippen MR) is 87.7 cm³/mol. The topological polar surface area (TPSA) is 15.3 Å². The van der Waals surface area contributed by atoms with Crippen molar-refractivity contribution in [1.29, 1.82) is 0 Å². The zero-order chi connectivity index (χ0) is 14.5. The highest BCUT2D eigenvalue weighted by Crippen LogP contribution is 2.29. The molecule has 1 aromatic rings. The number of hydrogen-bond acceptors (Lipinski definition) is 2. The van der Waals surface area contributed by atoms with Crippen molar-refractivity contribution in [2.45, 2.75) is 26.2 Å². The molecule has 1 fully saturated rings. The lowest BCUT2D eigenvalue weighted by atomic mass is 10.1. The minimum atomic E-state index is 0.696. The van der Waals surface area contributed by atoms with Gasteiger partial charge in [0.25, 0.3) is 0 Å². The summed E-state index contributed by atoms with van der Waals surface area (Å²) >= 11 is 6.18. The van der Waals surface area contributed by atoms with Crippen molar-refractivity contribution in [1.82, 2.24) is 4.90 Å². The molecule has 1 saturated heterocycles. The molecule has 0 aromatic heterocycles. The van der Waals surface area contributed by atoms with E-state index in [1.807, 2.05) is 31.2 Å². The first-order valence-corrected chi connectivity index (χ1v) is 7.33. The molecule has 1 aromatic carbocycles. The number of allylic oxidation sites excluding steroid dienone is 2. The van der Waals surface area contributed by atoms with E-state index < -0.39 is 0 Å². The summed E-state index contributed by atoms with van der Waals surface area (Å²) in [6.45, 7) is 11.3. The minimum Gasteiger partial charge on any atom is -0.353 e. The first kappa shape index (κ1) is 14.7. The second-order valence-electron chi connectivity index (χ2n) is 4.93. The second kappa shape index (κ2) is 6.67. The van der Waals surface area contributed by atoms with Gasteiger partial charge in [0.1, 0.15) is 0 Å². The van der Waals surface area contributed by atoms with Gasteiger partial charge in [-0.05, 0) is 38.3 Å². The lowest BCUT2D eigenvalue weighted by Crippen LogP contribution is -2.28. The molecule has 0 atom stereocenters. The monoisotopic (exact) mass is 288 g/mol. The standard InChI is InChI=1S/C17H21ClN2/c1-4-17(20-12-8-7-9-13(20)2)14(3)19-16-11-6-5-10-15(16)18/h4-6,10-11,19H,2-3,7-9,12H2,1H3/b17-4-. The summed E-state index contributed by atoms with van der Waals surface area (Å²) in [6, 6.07) is 7.69. The third kappa shape index (κ3) is 3.26. The second-order valence-corrected chi connectivity index (χ2v) is 5.34. The Balaban J connectivity index is 2.14. The average molecular weight is 289 g/mol. The molecule has 0 saturated carbocycles. The van der Waals surface area contributed by atoms with Crippen LogP contribution in [0.3, 0.4) is 0 Å². The molecule has 0 radical (unpaired) electrons. The van der Waals surface area contributed by atoms with Gasteiger partial charge in [-0.2, -0.15) is 0 Å². The first-order valence-electron chi connectivity index (χ1n) is 6.96. The molecule has 106 valence electrons. The van der Waals surface area contributed by atoms with Crippen LogP contribution in [-0.4, -0.2) is 11.4 Å². The first-order chi connectivity index (χ1) is 9.63. The Bertz CT molecular complexity index is 546. The fraction of sp³-hybridized carbons (Fsp3) is 0.294. The summed E-state index contributed by atoms with van der Waals surface area (Å²) in [5.41, 5.74) is 3.96. The van der Waals surface area contributed by atoms with Gasteiger partial charge in [0.15, 0.2) is 0 Å². The maximum atomic E-state index is 6.18. The highest BCUT2D eigenvalue weighted by Gasteiger charge is 2.18. The van der Waals surface area contributed by atoms with Crippen LogP contribution in [0, 0.1) is 0 Å². The van der Waals surface area contributed by atoms with Gasteiger partial charge in [0.2, 0.25) is 0 Å². The van der Waals surface area contributed by atoms with Crippen LogP contribution < -0.4 is 5.32 Å². The molecule has 0 spiro atoms. The molecule has 0 bridgehead atoms. The van der Waals surface area contributed by atoms with Crippen LogP contribution >= 0.6 is 11.6 Å². The van der Waals surface area contributed by atoms with Gasteiger partial charge in [-0.15, -0.1) is 0 Å². The molecular formula is C17H21ClN2. The van der Waals surface area contributed by atoms with Gasteiger partial charge in [0.05, 0.1) is 22.1 Å². The molecule has 1 aliphatic rings. The van der Waals surface area contributed by atoms with Crippen molar-refractivity contribution in [2.24, 2.45) is 0 Å². The van der Waals surface area contributed by atoms with Crippen LogP contribution in [0.1, 0.15) is 26.2 Å². The van der Waals surface area contributed by atoms with Crippen molar-refractivity contribution in [2.75, 3.05) is 11.9 Å². The summed E-state index contributed by atoms with van der Waals surface area (Å²) in [7, 11) is 0. The number of halogens is 1. The van der Waals surface area contributed by atoms with Crippen LogP contribution in [0.2, 0.25) is 5.02 Å². The summed E-state index contributed by atoms with van der Waals surface area (Å²) in [6.07, 6.45) is 5.53. The third-order valence-corrected chi connectivity index (χ3v) is 3.84. The summed E-state index contributed by atoms with van der Waals surface area (Å²) in [5, 5.41) is 4.00. The lowest BCUT2D eigenvalue weighted by Gasteiger charge is -2.34. The van der Waals surface area contributed by atoms with Gasteiger partial charge in [0, 0.05) is 12.2 Å². The Morgan fingerprint density at radius 3 is 2.75 bits per heavy atom. The molecule has 2 nitrogen and oxygen atoms in total. The SMILES string of the molecule is C=C(Nc1ccccc1Cl)/C(=C/C)N1CCCCC1=C. The van der Waals surface area contributed by atoms with Gasteiger partial charge in [-0.3, -0.25) is 0 Å². The average Bonchev–Trinajstić information content (AvgIpc) is 2.44. The number of likely N-dealkylation sites (tertiary alicyclic amines) is 1. The van der Waals surface area contributed by atoms with Crippen molar-refractivity contribution in [3.05, 3.63) is 65.6 Å². The fourth-order valence-corrected chi connectivity index (χ4v) is 2.65. The van der Waals surface area contributed by atoms with Crippen LogP contribution in [0.5, 0.6) is 0 Å². The number of benzene rings is 1. The number of hydrogen-bond donors (Lipinski definition) is 1. The van der Waals surface area contributed by atoms with Crippen molar-refractivity contribution >= 4 is 17.3 Å². The summed E-state index contributed by atoms with van der Waals surface area (Å²) < 4.78 is 0. The van der Waals surface area contributed by atoms with E-state index in [1.54, 1.807) is 0 Å². The van der Waals surface area contributed by atoms with Crippen molar-refractivity contribution < 1.29 is 0 Å². The minimum absolute atomic E-state index is 0.696. The van der Waals surface area contributed by atoms with Gasteiger partial charge < -0.3 is 10.2 Å². The number of piperidine rings is 1. The van der Waals surface area contributed by atoms with Crippen molar-refractivity contribution in [3.63, 3.8) is 0 Å². The number of nitrogens with one attached hydrogen (secondary N) is 1. The van der Waals surface area contributed by atoms with E-state index in [9.17, 15) is 0 Å². The number of anilines is 1. The molecule has 2 rings (SSSR count). The van der Waals surface area contributed by atoms with E-state index >= 15 is 0 Å². The smallest absolute Gasteiger partial charge is 0.0640 e. The molecule has 0 aliphatic carbocycles. The molecule has 1 aliphatic heterocycles.